The highest BCUT2D eigenvalue weighted by Gasteiger charge is 2.47. The lowest BCUT2D eigenvalue weighted by atomic mass is 9.93. The zero-order valence-corrected chi connectivity index (χ0v) is 21.8. The van der Waals surface area contributed by atoms with E-state index in [2.05, 4.69) is 0 Å². The number of carbonyl (C=O) groups excluding carboxylic acids is 2. The van der Waals surface area contributed by atoms with Gasteiger partial charge in [0.25, 0.3) is 11.7 Å². The predicted molar refractivity (Wildman–Crippen MR) is 142 cm³/mol. The van der Waals surface area contributed by atoms with E-state index in [0.29, 0.717) is 35.6 Å². The smallest absolute Gasteiger partial charge is 0.295 e. The van der Waals surface area contributed by atoms with Crippen LogP contribution in [0.25, 0.3) is 16.5 Å². The standard InChI is InChI=1S/C29H32N2O6/c1-30(2)13-6-14-31-26(23-17-22(36-4)11-12-24(23)37-5)25(28(33)29(31)34)27(32)20-8-7-19-16-21(35-3)10-9-18(19)15-20/h7-12,15-17,26,32H,6,13-14H2,1-5H3/b27-25+. The Labute approximate surface area is 216 Å². The molecule has 194 valence electrons. The maximum absolute atomic E-state index is 13.4. The normalized spacial score (nSPS) is 17.0. The zero-order valence-electron chi connectivity index (χ0n) is 21.8. The highest BCUT2D eigenvalue weighted by molar-refractivity contribution is 6.46. The van der Waals surface area contributed by atoms with Crippen molar-refractivity contribution in [1.29, 1.82) is 0 Å². The number of fused-ring (bicyclic) bond motifs is 1. The number of hydrogen-bond acceptors (Lipinski definition) is 7. The number of aliphatic hydroxyl groups is 1. The van der Waals surface area contributed by atoms with E-state index in [1.807, 2.05) is 43.3 Å². The summed E-state index contributed by atoms with van der Waals surface area (Å²) in [6.07, 6.45) is 0.653. The van der Waals surface area contributed by atoms with Crippen LogP contribution in [0.15, 0.2) is 60.2 Å². The lowest BCUT2D eigenvalue weighted by Gasteiger charge is -2.27. The molecule has 1 saturated heterocycles. The van der Waals surface area contributed by atoms with Crippen LogP contribution < -0.4 is 14.2 Å². The predicted octanol–water partition coefficient (Wildman–Crippen LogP) is 4.24. The van der Waals surface area contributed by atoms with E-state index in [4.69, 9.17) is 14.2 Å². The van der Waals surface area contributed by atoms with Gasteiger partial charge in [0.15, 0.2) is 0 Å². The number of ether oxygens (including phenoxy) is 3. The number of likely N-dealkylation sites (tertiary alicyclic amines) is 1. The summed E-state index contributed by atoms with van der Waals surface area (Å²) in [6, 6.07) is 15.4. The molecule has 4 rings (SSSR count). The van der Waals surface area contributed by atoms with Gasteiger partial charge < -0.3 is 29.1 Å². The van der Waals surface area contributed by atoms with E-state index in [9.17, 15) is 14.7 Å². The Balaban J connectivity index is 1.88. The number of benzene rings is 3. The van der Waals surface area contributed by atoms with Gasteiger partial charge in [-0.2, -0.15) is 0 Å². The molecule has 0 bridgehead atoms. The monoisotopic (exact) mass is 504 g/mol. The lowest BCUT2D eigenvalue weighted by molar-refractivity contribution is -0.140. The van der Waals surface area contributed by atoms with E-state index in [1.165, 1.54) is 12.0 Å². The fourth-order valence-electron chi connectivity index (χ4n) is 4.70. The van der Waals surface area contributed by atoms with Crippen molar-refractivity contribution in [2.24, 2.45) is 0 Å². The third-order valence-corrected chi connectivity index (χ3v) is 6.60. The number of nitrogens with zero attached hydrogens (tertiary/aromatic N) is 2. The molecule has 0 radical (unpaired) electrons. The minimum Gasteiger partial charge on any atom is -0.507 e. The second-order valence-corrected chi connectivity index (χ2v) is 9.19. The molecule has 8 nitrogen and oxygen atoms in total. The number of rotatable bonds is 9. The molecular formula is C29H32N2O6. The van der Waals surface area contributed by atoms with Gasteiger partial charge in [-0.1, -0.05) is 18.2 Å². The van der Waals surface area contributed by atoms with Crippen LogP contribution in [0.2, 0.25) is 0 Å². The van der Waals surface area contributed by atoms with Gasteiger partial charge in [-0.3, -0.25) is 9.59 Å². The number of amides is 1. The van der Waals surface area contributed by atoms with Crippen LogP contribution in [0, 0.1) is 0 Å². The molecule has 0 spiro atoms. The van der Waals surface area contributed by atoms with Gasteiger partial charge in [-0.15, -0.1) is 0 Å². The Kier molecular flexibility index (Phi) is 7.69. The van der Waals surface area contributed by atoms with E-state index in [-0.39, 0.29) is 11.3 Å². The Morgan fingerprint density at radius 3 is 2.22 bits per heavy atom. The van der Waals surface area contributed by atoms with Gasteiger partial charge >= 0.3 is 0 Å². The van der Waals surface area contributed by atoms with Crippen molar-refractivity contribution >= 4 is 28.2 Å². The van der Waals surface area contributed by atoms with E-state index in [0.717, 1.165) is 23.1 Å². The van der Waals surface area contributed by atoms with Crippen LogP contribution >= 0.6 is 0 Å². The number of methoxy groups -OCH3 is 3. The number of Topliss-reactive ketones (excluding diaryl/α,β-unsaturated/α-hetero) is 1. The van der Waals surface area contributed by atoms with E-state index in [1.54, 1.807) is 44.6 Å². The average Bonchev–Trinajstić information content (AvgIpc) is 3.16. The molecule has 1 amide bonds. The molecule has 1 aliphatic heterocycles. The van der Waals surface area contributed by atoms with Crippen molar-refractivity contribution in [1.82, 2.24) is 9.80 Å². The van der Waals surface area contributed by atoms with Crippen molar-refractivity contribution in [3.05, 3.63) is 71.3 Å². The SMILES string of the molecule is COc1ccc(OC)c(C2/C(=C(\O)c3ccc4cc(OC)ccc4c3)C(=O)C(=O)N2CCCN(C)C)c1. The summed E-state index contributed by atoms with van der Waals surface area (Å²) in [5, 5.41) is 13.3. The lowest BCUT2D eigenvalue weighted by Crippen LogP contribution is -2.32. The molecule has 1 heterocycles. The molecule has 3 aromatic carbocycles. The topological polar surface area (TPSA) is 88.5 Å². The summed E-state index contributed by atoms with van der Waals surface area (Å²) in [7, 11) is 8.58. The third-order valence-electron chi connectivity index (χ3n) is 6.60. The average molecular weight is 505 g/mol. The summed E-state index contributed by atoms with van der Waals surface area (Å²) in [5.41, 5.74) is 1.03. The zero-order chi connectivity index (χ0) is 26.7. The summed E-state index contributed by atoms with van der Waals surface area (Å²) in [4.78, 5) is 30.2. The molecule has 0 aliphatic carbocycles. The van der Waals surface area contributed by atoms with Gasteiger partial charge in [0, 0.05) is 17.7 Å². The Bertz CT molecular complexity index is 1360. The maximum Gasteiger partial charge on any atom is 0.295 e. The van der Waals surface area contributed by atoms with Crippen molar-refractivity contribution < 1.29 is 28.9 Å². The van der Waals surface area contributed by atoms with Gasteiger partial charge in [0.2, 0.25) is 0 Å². The van der Waals surface area contributed by atoms with Crippen LogP contribution in [-0.2, 0) is 9.59 Å². The van der Waals surface area contributed by atoms with Crippen LogP contribution in [-0.4, -0.2) is 75.1 Å². The van der Waals surface area contributed by atoms with Gasteiger partial charge in [0.05, 0.1) is 32.9 Å². The van der Waals surface area contributed by atoms with Crippen LogP contribution in [0.1, 0.15) is 23.6 Å². The maximum atomic E-state index is 13.4. The summed E-state index contributed by atoms with van der Waals surface area (Å²) >= 11 is 0. The van der Waals surface area contributed by atoms with Crippen LogP contribution in [0.3, 0.4) is 0 Å². The first-order valence-electron chi connectivity index (χ1n) is 12.0. The molecule has 1 fully saturated rings. The highest BCUT2D eigenvalue weighted by Crippen LogP contribution is 2.44. The number of hydrogen-bond donors (Lipinski definition) is 1. The van der Waals surface area contributed by atoms with E-state index >= 15 is 0 Å². The Hall–Kier alpha value is -4.04. The molecule has 37 heavy (non-hydrogen) atoms. The molecule has 3 aromatic rings. The Morgan fingerprint density at radius 2 is 1.54 bits per heavy atom. The highest BCUT2D eigenvalue weighted by atomic mass is 16.5. The van der Waals surface area contributed by atoms with Gasteiger partial charge in [-0.05, 0) is 74.2 Å². The minimum absolute atomic E-state index is 0.0225. The van der Waals surface area contributed by atoms with Gasteiger partial charge in [-0.25, -0.2) is 0 Å². The summed E-state index contributed by atoms with van der Waals surface area (Å²) < 4.78 is 16.3. The van der Waals surface area contributed by atoms with Gasteiger partial charge in [0.1, 0.15) is 23.0 Å². The van der Waals surface area contributed by atoms with Crippen molar-refractivity contribution in [2.75, 3.05) is 48.5 Å². The molecule has 0 aromatic heterocycles. The molecule has 1 N–H and O–H groups in total. The van der Waals surface area contributed by atoms with Crippen LogP contribution in [0.4, 0.5) is 0 Å². The van der Waals surface area contributed by atoms with Crippen molar-refractivity contribution in [3.8, 4) is 17.2 Å². The fourth-order valence-corrected chi connectivity index (χ4v) is 4.70. The second-order valence-electron chi connectivity index (χ2n) is 9.19. The third kappa shape index (κ3) is 5.11. The first kappa shape index (κ1) is 26.0. The molecule has 1 unspecified atom stereocenters. The molecule has 0 saturated carbocycles. The van der Waals surface area contributed by atoms with Crippen molar-refractivity contribution in [3.63, 3.8) is 0 Å². The van der Waals surface area contributed by atoms with E-state index < -0.39 is 17.7 Å². The summed E-state index contributed by atoms with van der Waals surface area (Å²) in [5.74, 6) is 0.142. The fraction of sp³-hybridized carbons (Fsp3) is 0.310. The number of ketones is 1. The number of carbonyl (C=O) groups is 2. The molecular weight excluding hydrogens is 472 g/mol. The van der Waals surface area contributed by atoms with Crippen LogP contribution in [0.5, 0.6) is 17.2 Å². The summed E-state index contributed by atoms with van der Waals surface area (Å²) in [6.45, 7) is 1.07. The Morgan fingerprint density at radius 1 is 0.892 bits per heavy atom. The first-order chi connectivity index (χ1) is 17.8. The largest absolute Gasteiger partial charge is 0.507 e. The molecule has 1 atom stereocenters. The quantitative estimate of drug-likeness (QED) is 0.265. The number of aliphatic hydroxyl groups excluding tert-OH is 1. The van der Waals surface area contributed by atoms with Crippen molar-refractivity contribution in [2.45, 2.75) is 12.5 Å². The molecule has 1 aliphatic rings. The minimum atomic E-state index is -0.834. The first-order valence-corrected chi connectivity index (χ1v) is 12.0. The molecule has 8 heteroatoms. The second kappa shape index (κ2) is 10.9.